The van der Waals surface area contributed by atoms with Gasteiger partial charge in [0.1, 0.15) is 28.3 Å². The van der Waals surface area contributed by atoms with Crippen molar-refractivity contribution < 1.29 is 14.6 Å². The fourth-order valence-corrected chi connectivity index (χ4v) is 4.40. The number of hydrogen-bond acceptors (Lipinski definition) is 8. The van der Waals surface area contributed by atoms with Crippen molar-refractivity contribution in [3.63, 3.8) is 0 Å². The van der Waals surface area contributed by atoms with Crippen molar-refractivity contribution >= 4 is 33.8 Å². The number of carbonyl (C=O) groups excluding carboxylic acids is 1. The maximum atomic E-state index is 13.0. The first-order valence-corrected chi connectivity index (χ1v) is 11.2. The summed E-state index contributed by atoms with van der Waals surface area (Å²) in [5, 5.41) is 17.0. The molecule has 8 heteroatoms. The van der Waals surface area contributed by atoms with Crippen LogP contribution >= 0.6 is 11.3 Å². The third kappa shape index (κ3) is 4.98. The Labute approximate surface area is 185 Å². The highest BCUT2D eigenvalue weighted by molar-refractivity contribution is 7.18. The fourth-order valence-electron chi connectivity index (χ4n) is 3.54. The summed E-state index contributed by atoms with van der Waals surface area (Å²) in [7, 11) is 0. The van der Waals surface area contributed by atoms with E-state index >= 15 is 0 Å². The molecular weight excluding hydrogens is 412 g/mol. The molecule has 1 saturated heterocycles. The van der Waals surface area contributed by atoms with Gasteiger partial charge in [-0.2, -0.15) is 0 Å². The number of benzene rings is 2. The SMILES string of the molecule is CCCc1cc(C(=O)c2sc(Nc3ccc(OC4CCNC4)cc3)nc2N)ccc1O. The van der Waals surface area contributed by atoms with Gasteiger partial charge in [0.15, 0.2) is 5.13 Å². The number of hydrogen-bond donors (Lipinski definition) is 4. The molecule has 1 atom stereocenters. The Hall–Kier alpha value is -3.10. The van der Waals surface area contributed by atoms with Crippen LogP contribution < -0.4 is 21.1 Å². The minimum Gasteiger partial charge on any atom is -0.508 e. The number of ether oxygens (including phenoxy) is 1. The molecule has 1 aliphatic heterocycles. The van der Waals surface area contributed by atoms with E-state index in [-0.39, 0.29) is 23.5 Å². The molecule has 2 heterocycles. The van der Waals surface area contributed by atoms with Crippen molar-refractivity contribution in [3.05, 3.63) is 58.5 Å². The van der Waals surface area contributed by atoms with Gasteiger partial charge in [0.05, 0.1) is 0 Å². The predicted octanol–water partition coefficient (Wildman–Crippen LogP) is 4.10. The van der Waals surface area contributed by atoms with E-state index in [1.807, 2.05) is 31.2 Å². The van der Waals surface area contributed by atoms with Crippen LogP contribution in [0.25, 0.3) is 0 Å². The summed E-state index contributed by atoms with van der Waals surface area (Å²) in [5.41, 5.74) is 8.12. The monoisotopic (exact) mass is 438 g/mol. The van der Waals surface area contributed by atoms with Crippen LogP contribution in [-0.2, 0) is 6.42 Å². The summed E-state index contributed by atoms with van der Waals surface area (Å²) in [4.78, 5) is 17.7. The molecule has 162 valence electrons. The van der Waals surface area contributed by atoms with Gasteiger partial charge in [0.2, 0.25) is 5.78 Å². The lowest BCUT2D eigenvalue weighted by atomic mass is 10.0. The lowest BCUT2D eigenvalue weighted by molar-refractivity contribution is 0.104. The lowest BCUT2D eigenvalue weighted by Gasteiger charge is -2.12. The van der Waals surface area contributed by atoms with E-state index in [1.165, 1.54) is 11.3 Å². The van der Waals surface area contributed by atoms with Gasteiger partial charge in [-0.25, -0.2) is 4.98 Å². The van der Waals surface area contributed by atoms with Gasteiger partial charge in [-0.15, -0.1) is 0 Å². The molecule has 1 unspecified atom stereocenters. The minimum absolute atomic E-state index is 0.191. The van der Waals surface area contributed by atoms with Crippen molar-refractivity contribution in [3.8, 4) is 11.5 Å². The molecule has 3 aromatic rings. The first-order chi connectivity index (χ1) is 15.0. The first-order valence-electron chi connectivity index (χ1n) is 10.4. The van der Waals surface area contributed by atoms with Gasteiger partial charge in [-0.05, 0) is 67.4 Å². The van der Waals surface area contributed by atoms with E-state index in [9.17, 15) is 9.90 Å². The van der Waals surface area contributed by atoms with Crippen molar-refractivity contribution in [2.45, 2.75) is 32.3 Å². The highest BCUT2D eigenvalue weighted by atomic mass is 32.1. The van der Waals surface area contributed by atoms with Gasteiger partial charge in [0.25, 0.3) is 0 Å². The zero-order chi connectivity index (χ0) is 21.8. The Kier molecular flexibility index (Phi) is 6.39. The smallest absolute Gasteiger partial charge is 0.206 e. The molecule has 0 radical (unpaired) electrons. The van der Waals surface area contributed by atoms with Gasteiger partial charge in [-0.1, -0.05) is 24.7 Å². The number of rotatable bonds is 8. The molecule has 7 nitrogen and oxygen atoms in total. The number of aromatic hydroxyl groups is 1. The summed E-state index contributed by atoms with van der Waals surface area (Å²) < 4.78 is 5.93. The zero-order valence-corrected chi connectivity index (χ0v) is 18.2. The number of phenols is 1. The molecule has 0 amide bonds. The Balaban J connectivity index is 1.46. The number of ketones is 1. The Morgan fingerprint density at radius 2 is 2.13 bits per heavy atom. The van der Waals surface area contributed by atoms with E-state index < -0.39 is 0 Å². The number of phenolic OH excluding ortho intramolecular Hbond substituents is 1. The second kappa shape index (κ2) is 9.36. The summed E-state index contributed by atoms with van der Waals surface area (Å²) in [6.45, 7) is 3.88. The number of anilines is 3. The third-order valence-electron chi connectivity index (χ3n) is 5.14. The Morgan fingerprint density at radius 1 is 1.32 bits per heavy atom. The van der Waals surface area contributed by atoms with Crippen molar-refractivity contribution in [2.75, 3.05) is 24.1 Å². The Morgan fingerprint density at radius 3 is 2.84 bits per heavy atom. The molecule has 0 aliphatic carbocycles. The van der Waals surface area contributed by atoms with Crippen molar-refractivity contribution in [1.82, 2.24) is 10.3 Å². The molecule has 1 aliphatic rings. The van der Waals surface area contributed by atoms with Crippen molar-refractivity contribution in [2.24, 2.45) is 0 Å². The van der Waals surface area contributed by atoms with E-state index in [0.717, 1.165) is 42.9 Å². The van der Waals surface area contributed by atoms with Crippen LogP contribution in [0.15, 0.2) is 42.5 Å². The molecular formula is C23H26N4O3S. The number of nitrogens with one attached hydrogen (secondary N) is 2. The number of aromatic nitrogens is 1. The fraction of sp³-hybridized carbons (Fsp3) is 0.304. The normalized spacial score (nSPS) is 15.7. The van der Waals surface area contributed by atoms with E-state index in [0.29, 0.717) is 22.0 Å². The number of carbonyl (C=O) groups is 1. The molecule has 1 fully saturated rings. The zero-order valence-electron chi connectivity index (χ0n) is 17.4. The van der Waals surface area contributed by atoms with Crippen LogP contribution in [0.5, 0.6) is 11.5 Å². The standard InChI is InChI=1S/C23H26N4O3S/c1-2-3-14-12-15(4-9-19(14)28)20(29)21-22(24)27-23(31-21)26-16-5-7-17(8-6-16)30-18-10-11-25-13-18/h4-9,12,18,25,28H,2-3,10-11,13,24H2,1H3,(H,26,27). The number of nitrogens with two attached hydrogens (primary N) is 1. The van der Waals surface area contributed by atoms with Gasteiger partial charge in [-0.3, -0.25) is 4.79 Å². The van der Waals surface area contributed by atoms with Crippen LogP contribution in [-0.4, -0.2) is 35.1 Å². The molecule has 5 N–H and O–H groups in total. The van der Waals surface area contributed by atoms with Gasteiger partial charge >= 0.3 is 0 Å². The van der Waals surface area contributed by atoms with Crippen LogP contribution in [0.3, 0.4) is 0 Å². The quantitative estimate of drug-likeness (QED) is 0.392. The third-order valence-corrected chi connectivity index (χ3v) is 6.13. The van der Waals surface area contributed by atoms with Crippen LogP contribution in [0.2, 0.25) is 0 Å². The lowest BCUT2D eigenvalue weighted by Crippen LogP contribution is -2.19. The summed E-state index contributed by atoms with van der Waals surface area (Å²) in [6, 6.07) is 12.5. The first kappa shape index (κ1) is 21.1. The number of nitrogen functional groups attached to an aromatic ring is 1. The van der Waals surface area contributed by atoms with E-state index in [4.69, 9.17) is 10.5 Å². The molecule has 2 aromatic carbocycles. The van der Waals surface area contributed by atoms with Gasteiger partial charge < -0.3 is 26.2 Å². The summed E-state index contributed by atoms with van der Waals surface area (Å²) >= 11 is 1.21. The average molecular weight is 439 g/mol. The van der Waals surface area contributed by atoms with E-state index in [2.05, 4.69) is 15.6 Å². The highest BCUT2D eigenvalue weighted by Gasteiger charge is 2.19. The van der Waals surface area contributed by atoms with E-state index in [1.54, 1.807) is 18.2 Å². The maximum Gasteiger partial charge on any atom is 0.206 e. The largest absolute Gasteiger partial charge is 0.508 e. The Bertz CT molecular complexity index is 1060. The maximum absolute atomic E-state index is 13.0. The predicted molar refractivity (Wildman–Crippen MR) is 124 cm³/mol. The number of nitrogens with zero attached hydrogens (tertiary/aromatic N) is 1. The average Bonchev–Trinajstić information content (AvgIpc) is 3.40. The number of aryl methyl sites for hydroxylation is 1. The van der Waals surface area contributed by atoms with Crippen LogP contribution in [0, 0.1) is 0 Å². The second-order valence-electron chi connectivity index (χ2n) is 7.54. The molecule has 0 bridgehead atoms. The minimum atomic E-state index is -0.200. The topological polar surface area (TPSA) is 110 Å². The highest BCUT2D eigenvalue weighted by Crippen LogP contribution is 2.31. The molecule has 4 rings (SSSR count). The summed E-state index contributed by atoms with van der Waals surface area (Å²) in [6.07, 6.45) is 2.80. The molecule has 31 heavy (non-hydrogen) atoms. The summed E-state index contributed by atoms with van der Waals surface area (Å²) in [5.74, 6) is 1.02. The molecule has 1 aromatic heterocycles. The molecule has 0 saturated carbocycles. The van der Waals surface area contributed by atoms with Crippen LogP contribution in [0.4, 0.5) is 16.6 Å². The second-order valence-corrected chi connectivity index (χ2v) is 8.54. The van der Waals surface area contributed by atoms with Gasteiger partial charge in [0, 0.05) is 17.8 Å². The van der Waals surface area contributed by atoms with Crippen molar-refractivity contribution in [1.29, 1.82) is 0 Å². The number of thiazole rings is 1. The van der Waals surface area contributed by atoms with Crippen LogP contribution in [0.1, 0.15) is 40.6 Å². The molecule has 0 spiro atoms.